The number of nitrogens with zero attached hydrogens (tertiary/aromatic N) is 4. The predicted octanol–water partition coefficient (Wildman–Crippen LogP) is 2.08. The van der Waals surface area contributed by atoms with E-state index >= 15 is 0 Å². The number of hydrogen-bond donors (Lipinski definition) is 2. The summed E-state index contributed by atoms with van der Waals surface area (Å²) >= 11 is 0. The Morgan fingerprint density at radius 2 is 2.06 bits per heavy atom. The molecule has 0 saturated carbocycles. The Bertz CT molecular complexity index is 1220. The number of anilines is 2. The molecular weight excluding hydrogens is 420 g/mol. The number of carbonyl (C=O) groups is 1. The van der Waals surface area contributed by atoms with E-state index in [2.05, 4.69) is 25.4 Å². The normalized spacial score (nSPS) is 15.7. The highest BCUT2D eigenvalue weighted by Crippen LogP contribution is 2.35. The van der Waals surface area contributed by atoms with Crippen LogP contribution in [0.2, 0.25) is 0 Å². The van der Waals surface area contributed by atoms with Crippen LogP contribution in [-0.2, 0) is 28.3 Å². The summed E-state index contributed by atoms with van der Waals surface area (Å²) in [5, 5.41) is 13.9. The fraction of sp³-hybridized carbons (Fsp3) is 0.300. The predicted molar refractivity (Wildman–Crippen MR) is 113 cm³/mol. The minimum Gasteiger partial charge on any atom is -0.497 e. The zero-order valence-electron chi connectivity index (χ0n) is 17.1. The molecule has 1 heterocycles. The first kappa shape index (κ1) is 20.8. The lowest BCUT2D eigenvalue weighted by Crippen LogP contribution is -2.25. The van der Waals surface area contributed by atoms with Crippen molar-refractivity contribution in [2.24, 2.45) is 7.05 Å². The average Bonchev–Trinajstić information content (AvgIpc) is 3.16. The molecule has 162 valence electrons. The Labute approximate surface area is 179 Å². The number of fused-ring (bicyclic) bond motifs is 1. The van der Waals surface area contributed by atoms with Crippen molar-refractivity contribution in [3.8, 4) is 5.75 Å². The average molecular weight is 443 g/mol. The van der Waals surface area contributed by atoms with Gasteiger partial charge in [0.15, 0.2) is 0 Å². The fourth-order valence-electron chi connectivity index (χ4n) is 3.65. The van der Waals surface area contributed by atoms with E-state index in [-0.39, 0.29) is 22.7 Å². The van der Waals surface area contributed by atoms with Crippen molar-refractivity contribution >= 4 is 27.6 Å². The van der Waals surface area contributed by atoms with Gasteiger partial charge in [0.2, 0.25) is 5.91 Å². The van der Waals surface area contributed by atoms with Crippen molar-refractivity contribution in [3.05, 3.63) is 53.6 Å². The minimum atomic E-state index is -3.94. The smallest absolute Gasteiger partial charge is 0.277 e. The number of hydrogen-bond acceptors (Lipinski definition) is 7. The molecule has 10 nitrogen and oxygen atoms in total. The Morgan fingerprint density at radius 3 is 2.81 bits per heavy atom. The van der Waals surface area contributed by atoms with E-state index in [9.17, 15) is 13.2 Å². The van der Waals surface area contributed by atoms with E-state index in [1.807, 2.05) is 18.2 Å². The molecular formula is C20H22N6O4S. The molecule has 1 unspecified atom stereocenters. The van der Waals surface area contributed by atoms with Gasteiger partial charge >= 0.3 is 0 Å². The van der Waals surface area contributed by atoms with Gasteiger partial charge < -0.3 is 10.1 Å². The molecule has 0 radical (unpaired) electrons. The van der Waals surface area contributed by atoms with E-state index in [4.69, 9.17) is 4.74 Å². The van der Waals surface area contributed by atoms with Crippen LogP contribution in [-0.4, -0.2) is 41.6 Å². The number of aromatic nitrogens is 4. The largest absolute Gasteiger partial charge is 0.497 e. The molecule has 11 heteroatoms. The van der Waals surface area contributed by atoms with Crippen LogP contribution in [0.3, 0.4) is 0 Å². The third-order valence-corrected chi connectivity index (χ3v) is 6.46. The SMILES string of the molecule is COc1ccc2c(c1)C(C(=O)Nc1cccc(S(=O)(=O)Nc3nnn(C)n3)c1)CCC2. The van der Waals surface area contributed by atoms with Gasteiger partial charge in [-0.15, -0.1) is 5.10 Å². The van der Waals surface area contributed by atoms with E-state index in [1.54, 1.807) is 19.2 Å². The summed E-state index contributed by atoms with van der Waals surface area (Å²) in [5.74, 6) is 0.0493. The topological polar surface area (TPSA) is 128 Å². The van der Waals surface area contributed by atoms with E-state index in [0.717, 1.165) is 28.8 Å². The highest BCUT2D eigenvalue weighted by molar-refractivity contribution is 7.92. The van der Waals surface area contributed by atoms with Gasteiger partial charge in [0.1, 0.15) is 5.75 Å². The number of rotatable bonds is 6. The summed E-state index contributed by atoms with van der Waals surface area (Å²) < 4.78 is 32.8. The molecule has 1 aromatic heterocycles. The maximum Gasteiger partial charge on any atom is 0.277 e. The minimum absolute atomic E-state index is 0.0246. The summed E-state index contributed by atoms with van der Waals surface area (Å²) in [6, 6.07) is 11.8. The molecule has 31 heavy (non-hydrogen) atoms. The van der Waals surface area contributed by atoms with Crippen LogP contribution in [0.25, 0.3) is 0 Å². The van der Waals surface area contributed by atoms with Crippen LogP contribution >= 0.6 is 0 Å². The number of tetrazole rings is 1. The zero-order valence-corrected chi connectivity index (χ0v) is 17.9. The van der Waals surface area contributed by atoms with Gasteiger partial charge in [-0.3, -0.25) is 4.79 Å². The highest BCUT2D eigenvalue weighted by Gasteiger charge is 2.27. The molecule has 1 aliphatic rings. The van der Waals surface area contributed by atoms with Crippen LogP contribution in [0.5, 0.6) is 5.75 Å². The number of ether oxygens (including phenoxy) is 1. The first-order chi connectivity index (χ1) is 14.9. The second-order valence-electron chi connectivity index (χ2n) is 7.23. The standard InChI is InChI=1S/C20H22N6O4S/c1-26-23-20(22-25-26)24-31(28,29)16-7-4-6-14(11-16)21-19(27)17-8-3-5-13-9-10-15(30-2)12-18(13)17/h4,6-7,9-12,17H,3,5,8H2,1-2H3,(H,21,27)(H,23,24). The Morgan fingerprint density at radius 1 is 1.23 bits per heavy atom. The lowest BCUT2D eigenvalue weighted by atomic mass is 9.82. The maximum absolute atomic E-state index is 13.0. The Balaban J connectivity index is 1.54. The first-order valence-corrected chi connectivity index (χ1v) is 11.2. The van der Waals surface area contributed by atoms with Gasteiger partial charge in [-0.05, 0) is 65.9 Å². The Kier molecular flexibility index (Phi) is 5.59. The van der Waals surface area contributed by atoms with Crippen molar-refractivity contribution in [2.75, 3.05) is 17.1 Å². The highest BCUT2D eigenvalue weighted by atomic mass is 32.2. The lowest BCUT2D eigenvalue weighted by molar-refractivity contribution is -0.117. The van der Waals surface area contributed by atoms with Gasteiger partial charge in [0, 0.05) is 5.69 Å². The molecule has 0 aliphatic heterocycles. The fourth-order valence-corrected chi connectivity index (χ4v) is 4.63. The van der Waals surface area contributed by atoms with Crippen molar-refractivity contribution in [1.82, 2.24) is 20.2 Å². The summed E-state index contributed by atoms with van der Waals surface area (Å²) in [4.78, 5) is 14.2. The maximum atomic E-state index is 13.0. The van der Waals surface area contributed by atoms with E-state index in [1.165, 1.54) is 19.2 Å². The lowest BCUT2D eigenvalue weighted by Gasteiger charge is -2.25. The molecule has 3 aromatic rings. The van der Waals surface area contributed by atoms with Gasteiger partial charge in [0.05, 0.1) is 25.0 Å². The quantitative estimate of drug-likeness (QED) is 0.598. The molecule has 2 aromatic carbocycles. The summed E-state index contributed by atoms with van der Waals surface area (Å²) in [6.07, 6.45) is 2.53. The van der Waals surface area contributed by atoms with Crippen molar-refractivity contribution in [3.63, 3.8) is 0 Å². The molecule has 0 saturated heterocycles. The second-order valence-corrected chi connectivity index (χ2v) is 8.92. The number of amides is 1. The van der Waals surface area contributed by atoms with Gasteiger partial charge in [-0.25, -0.2) is 13.1 Å². The third kappa shape index (κ3) is 4.50. The molecule has 0 spiro atoms. The number of benzene rings is 2. The van der Waals surface area contributed by atoms with Gasteiger partial charge in [-0.2, -0.15) is 4.80 Å². The zero-order chi connectivity index (χ0) is 22.0. The molecule has 2 N–H and O–H groups in total. The Hall–Kier alpha value is -3.47. The molecule has 1 aliphatic carbocycles. The van der Waals surface area contributed by atoms with Crippen LogP contribution in [0.4, 0.5) is 11.6 Å². The van der Waals surface area contributed by atoms with Crippen LogP contribution in [0.15, 0.2) is 47.4 Å². The second kappa shape index (κ2) is 8.34. The van der Waals surface area contributed by atoms with Crippen LogP contribution in [0, 0.1) is 0 Å². The summed E-state index contributed by atoms with van der Waals surface area (Å²) in [5.41, 5.74) is 2.46. The van der Waals surface area contributed by atoms with Crippen molar-refractivity contribution < 1.29 is 17.9 Å². The van der Waals surface area contributed by atoms with Gasteiger partial charge in [0.25, 0.3) is 16.0 Å². The number of methoxy groups -OCH3 is 1. The van der Waals surface area contributed by atoms with E-state index in [0.29, 0.717) is 17.9 Å². The third-order valence-electron chi connectivity index (χ3n) is 5.13. The monoisotopic (exact) mass is 442 g/mol. The van der Waals surface area contributed by atoms with Crippen LogP contribution < -0.4 is 14.8 Å². The number of aryl methyl sites for hydroxylation is 2. The van der Waals surface area contributed by atoms with Crippen LogP contribution in [0.1, 0.15) is 29.9 Å². The molecule has 0 fully saturated rings. The number of nitrogens with one attached hydrogen (secondary N) is 2. The molecule has 0 bridgehead atoms. The number of carbonyl (C=O) groups excluding carboxylic acids is 1. The first-order valence-electron chi connectivity index (χ1n) is 9.70. The summed E-state index contributed by atoms with van der Waals surface area (Å²) in [7, 11) is -0.816. The molecule has 1 amide bonds. The molecule has 4 rings (SSSR count). The summed E-state index contributed by atoms with van der Waals surface area (Å²) in [6.45, 7) is 0. The molecule has 1 atom stereocenters. The van der Waals surface area contributed by atoms with Crippen molar-refractivity contribution in [1.29, 1.82) is 0 Å². The number of sulfonamides is 1. The van der Waals surface area contributed by atoms with Gasteiger partial charge in [-0.1, -0.05) is 17.2 Å². The van der Waals surface area contributed by atoms with Crippen molar-refractivity contribution in [2.45, 2.75) is 30.1 Å². The van der Waals surface area contributed by atoms with E-state index < -0.39 is 10.0 Å².